The molecule has 30 heavy (non-hydrogen) atoms. The Hall–Kier alpha value is -3.53. The first-order valence-electron chi connectivity index (χ1n) is 9.91. The number of rotatable bonds is 4. The molecule has 4 aromatic rings. The predicted molar refractivity (Wildman–Crippen MR) is 118 cm³/mol. The third-order valence-electron chi connectivity index (χ3n) is 5.76. The number of carbonyl (C=O) groups excluding carboxylic acids is 1. The minimum Gasteiger partial charge on any atom is -0.392 e. The number of hydrogen-bond donors (Lipinski definition) is 2. The number of carbonyl (C=O) groups is 1. The first kappa shape index (κ1) is 18.5. The second kappa shape index (κ2) is 7.38. The average molecular weight is 392 g/mol. The van der Waals surface area contributed by atoms with E-state index in [4.69, 9.17) is 0 Å². The van der Waals surface area contributed by atoms with Crippen LogP contribution in [0.2, 0.25) is 0 Å². The molecule has 0 aromatic heterocycles. The van der Waals surface area contributed by atoms with Gasteiger partial charge in [0.2, 0.25) is 0 Å². The van der Waals surface area contributed by atoms with Gasteiger partial charge in [-0.1, -0.05) is 72.8 Å². The standard InChI is InChI=1S/C27H20O3/c28-15-17-1-5-19(6-2-17)21-9-11-23-24-12-10-22(14-26(24)27(30)25(23)13-21)20-7-3-18(16-29)4-8-20/h1-14,28-29H,15-16H2. The van der Waals surface area contributed by atoms with Crippen molar-refractivity contribution in [3.8, 4) is 33.4 Å². The van der Waals surface area contributed by atoms with Crippen LogP contribution in [0.5, 0.6) is 0 Å². The van der Waals surface area contributed by atoms with Crippen molar-refractivity contribution in [2.75, 3.05) is 0 Å². The summed E-state index contributed by atoms with van der Waals surface area (Å²) in [4.78, 5) is 13.2. The Morgan fingerprint density at radius 2 is 0.833 bits per heavy atom. The lowest BCUT2D eigenvalue weighted by Crippen LogP contribution is -1.96. The lowest BCUT2D eigenvalue weighted by atomic mass is 9.97. The van der Waals surface area contributed by atoms with Gasteiger partial charge < -0.3 is 10.2 Å². The molecule has 0 aliphatic heterocycles. The van der Waals surface area contributed by atoms with Crippen molar-refractivity contribution in [2.24, 2.45) is 0 Å². The van der Waals surface area contributed by atoms with Crippen molar-refractivity contribution >= 4 is 5.78 Å². The number of ketones is 1. The Kier molecular flexibility index (Phi) is 4.55. The maximum absolute atomic E-state index is 13.2. The van der Waals surface area contributed by atoms with E-state index < -0.39 is 0 Å². The van der Waals surface area contributed by atoms with Crippen molar-refractivity contribution in [2.45, 2.75) is 13.2 Å². The van der Waals surface area contributed by atoms with Gasteiger partial charge in [-0.15, -0.1) is 0 Å². The lowest BCUT2D eigenvalue weighted by molar-refractivity contribution is 0.104. The summed E-state index contributed by atoms with van der Waals surface area (Å²) in [6.07, 6.45) is 0. The molecule has 4 aromatic carbocycles. The second-order valence-electron chi connectivity index (χ2n) is 7.56. The summed E-state index contributed by atoms with van der Waals surface area (Å²) in [5.74, 6) is 0.0441. The van der Waals surface area contributed by atoms with Crippen molar-refractivity contribution < 1.29 is 15.0 Å². The zero-order valence-corrected chi connectivity index (χ0v) is 16.3. The van der Waals surface area contributed by atoms with Gasteiger partial charge in [0.05, 0.1) is 13.2 Å². The number of aliphatic hydroxyl groups excluding tert-OH is 2. The normalized spacial score (nSPS) is 12.0. The molecule has 3 nitrogen and oxygen atoms in total. The molecule has 0 saturated carbocycles. The van der Waals surface area contributed by atoms with Gasteiger partial charge in [-0.25, -0.2) is 0 Å². The Morgan fingerprint density at radius 3 is 1.20 bits per heavy atom. The summed E-state index contributed by atoms with van der Waals surface area (Å²) in [6, 6.07) is 27.5. The highest BCUT2D eigenvalue weighted by Gasteiger charge is 2.27. The van der Waals surface area contributed by atoms with Crippen LogP contribution < -0.4 is 0 Å². The molecule has 146 valence electrons. The molecule has 5 rings (SSSR count). The van der Waals surface area contributed by atoms with E-state index in [1.165, 1.54) is 0 Å². The summed E-state index contributed by atoms with van der Waals surface area (Å²) in [5, 5.41) is 18.5. The van der Waals surface area contributed by atoms with Gasteiger partial charge in [0.1, 0.15) is 0 Å². The molecule has 0 heterocycles. The molecule has 1 aliphatic rings. The molecule has 2 N–H and O–H groups in total. The van der Waals surface area contributed by atoms with Crippen LogP contribution in [-0.4, -0.2) is 16.0 Å². The number of fused-ring (bicyclic) bond motifs is 3. The molecular formula is C27H20O3. The van der Waals surface area contributed by atoms with E-state index in [1.54, 1.807) is 0 Å². The maximum Gasteiger partial charge on any atom is 0.194 e. The predicted octanol–water partition coefficient (Wildman–Crippen LogP) is 5.22. The van der Waals surface area contributed by atoms with Gasteiger partial charge in [-0.3, -0.25) is 4.79 Å². The Balaban J connectivity index is 1.52. The van der Waals surface area contributed by atoms with E-state index in [-0.39, 0.29) is 19.0 Å². The molecule has 0 fully saturated rings. The average Bonchev–Trinajstić information content (AvgIpc) is 3.10. The molecule has 0 bridgehead atoms. The number of aliphatic hydroxyl groups is 2. The summed E-state index contributed by atoms with van der Waals surface area (Å²) in [6.45, 7) is 0.0344. The van der Waals surface area contributed by atoms with Crippen LogP contribution in [0.15, 0.2) is 84.9 Å². The summed E-state index contributed by atoms with van der Waals surface area (Å²) < 4.78 is 0. The van der Waals surface area contributed by atoms with Crippen molar-refractivity contribution in [1.82, 2.24) is 0 Å². The van der Waals surface area contributed by atoms with E-state index in [0.717, 1.165) is 55.6 Å². The van der Waals surface area contributed by atoms with Crippen molar-refractivity contribution in [3.05, 3.63) is 107 Å². The highest BCUT2D eigenvalue weighted by molar-refractivity contribution is 6.22. The SMILES string of the molecule is O=C1c2cc(-c3ccc(CO)cc3)ccc2-c2ccc(-c3ccc(CO)cc3)cc21. The van der Waals surface area contributed by atoms with E-state index >= 15 is 0 Å². The zero-order valence-electron chi connectivity index (χ0n) is 16.3. The molecule has 0 amide bonds. The van der Waals surface area contributed by atoms with Crippen LogP contribution in [-0.2, 0) is 13.2 Å². The fraction of sp³-hybridized carbons (Fsp3) is 0.0741. The van der Waals surface area contributed by atoms with Gasteiger partial charge in [-0.2, -0.15) is 0 Å². The smallest absolute Gasteiger partial charge is 0.194 e. The fourth-order valence-corrected chi connectivity index (χ4v) is 4.04. The maximum atomic E-state index is 13.2. The fourth-order valence-electron chi connectivity index (χ4n) is 4.04. The molecule has 0 saturated heterocycles. The van der Waals surface area contributed by atoms with Crippen LogP contribution >= 0.6 is 0 Å². The zero-order chi connectivity index (χ0) is 20.7. The number of hydrogen-bond acceptors (Lipinski definition) is 3. The van der Waals surface area contributed by atoms with Gasteiger partial charge in [0.15, 0.2) is 5.78 Å². The van der Waals surface area contributed by atoms with Crippen molar-refractivity contribution in [1.29, 1.82) is 0 Å². The van der Waals surface area contributed by atoms with Gasteiger partial charge >= 0.3 is 0 Å². The highest BCUT2D eigenvalue weighted by Crippen LogP contribution is 2.40. The highest BCUT2D eigenvalue weighted by atomic mass is 16.3. The minimum atomic E-state index is 0.0172. The van der Waals surface area contributed by atoms with Crippen LogP contribution in [0.25, 0.3) is 33.4 Å². The Bertz CT molecular complexity index is 1150. The second-order valence-corrected chi connectivity index (χ2v) is 7.56. The van der Waals surface area contributed by atoms with Crippen LogP contribution in [0, 0.1) is 0 Å². The minimum absolute atomic E-state index is 0.0172. The molecule has 0 atom stereocenters. The van der Waals surface area contributed by atoms with Gasteiger partial charge in [0.25, 0.3) is 0 Å². The van der Waals surface area contributed by atoms with Crippen LogP contribution in [0.3, 0.4) is 0 Å². The van der Waals surface area contributed by atoms with Gasteiger partial charge in [-0.05, 0) is 56.6 Å². The van der Waals surface area contributed by atoms with E-state index in [9.17, 15) is 15.0 Å². The largest absolute Gasteiger partial charge is 0.392 e. The van der Waals surface area contributed by atoms with Crippen LogP contribution in [0.4, 0.5) is 0 Å². The topological polar surface area (TPSA) is 57.5 Å². The van der Waals surface area contributed by atoms with Gasteiger partial charge in [0, 0.05) is 11.1 Å². The van der Waals surface area contributed by atoms with Crippen LogP contribution in [0.1, 0.15) is 27.0 Å². The summed E-state index contributed by atoms with van der Waals surface area (Å²) in [7, 11) is 0. The van der Waals surface area contributed by atoms with E-state index in [1.807, 2.05) is 84.9 Å². The third kappa shape index (κ3) is 3.05. The molecule has 0 radical (unpaired) electrons. The molecule has 1 aliphatic carbocycles. The molecule has 0 spiro atoms. The monoisotopic (exact) mass is 392 g/mol. The van der Waals surface area contributed by atoms with Crippen molar-refractivity contribution in [3.63, 3.8) is 0 Å². The molecular weight excluding hydrogens is 372 g/mol. The molecule has 0 unspecified atom stereocenters. The Labute approximate surface area is 174 Å². The summed E-state index contributed by atoms with van der Waals surface area (Å²) >= 11 is 0. The summed E-state index contributed by atoms with van der Waals surface area (Å²) in [5.41, 5.74) is 9.11. The lowest BCUT2D eigenvalue weighted by Gasteiger charge is -2.07. The van der Waals surface area contributed by atoms with E-state index in [2.05, 4.69) is 0 Å². The first-order chi connectivity index (χ1) is 14.7. The first-order valence-corrected chi connectivity index (χ1v) is 9.91. The quantitative estimate of drug-likeness (QED) is 0.441. The van der Waals surface area contributed by atoms with E-state index in [0.29, 0.717) is 0 Å². The molecule has 3 heteroatoms. The Morgan fingerprint density at radius 1 is 0.467 bits per heavy atom. The third-order valence-corrected chi connectivity index (χ3v) is 5.76. The number of benzene rings is 4.